The third-order valence-corrected chi connectivity index (χ3v) is 4.39. The van der Waals surface area contributed by atoms with Crippen LogP contribution in [0.5, 0.6) is 0 Å². The fourth-order valence-electron chi connectivity index (χ4n) is 2.98. The van der Waals surface area contributed by atoms with Crippen LogP contribution in [0.4, 0.5) is 0 Å². The molecule has 0 bridgehead atoms. The Balaban J connectivity index is 2.00. The Morgan fingerprint density at radius 2 is 2.06 bits per heavy atom. The van der Waals surface area contributed by atoms with Gasteiger partial charge in [-0.25, -0.2) is 0 Å². The maximum absolute atomic E-state index is 6.24. The van der Waals surface area contributed by atoms with Gasteiger partial charge in [0.05, 0.1) is 0 Å². The summed E-state index contributed by atoms with van der Waals surface area (Å²) >= 11 is 0. The largest absolute Gasteiger partial charge is 0.494 e. The third kappa shape index (κ3) is 2.97. The summed E-state index contributed by atoms with van der Waals surface area (Å²) in [5, 5.41) is 3.31. The lowest BCUT2D eigenvalue weighted by Crippen LogP contribution is -2.43. The smallest absolute Gasteiger partial charge is 0.101 e. The molecule has 102 valence electrons. The van der Waals surface area contributed by atoms with E-state index in [0.29, 0.717) is 18.1 Å². The quantitative estimate of drug-likeness (QED) is 0.773. The Morgan fingerprint density at radius 1 is 1.33 bits per heavy atom. The second-order valence-corrected chi connectivity index (χ2v) is 5.53. The van der Waals surface area contributed by atoms with E-state index in [1.807, 2.05) is 7.05 Å². The van der Waals surface area contributed by atoms with Crippen molar-refractivity contribution >= 4 is 0 Å². The van der Waals surface area contributed by atoms with Crippen molar-refractivity contribution in [3.63, 3.8) is 0 Å². The monoisotopic (exact) mass is 249 g/mol. The highest BCUT2D eigenvalue weighted by Gasteiger charge is 2.31. The summed E-state index contributed by atoms with van der Waals surface area (Å²) in [6.07, 6.45) is 12.1. The zero-order chi connectivity index (χ0) is 13.0. The molecule has 2 aliphatic rings. The SMILES string of the molecule is CCC(CC)C1=C(OC2CC(NC)C2)CCC=C1. The highest BCUT2D eigenvalue weighted by Crippen LogP contribution is 2.34. The first-order valence-electron chi connectivity index (χ1n) is 7.51. The minimum atomic E-state index is 0.452. The molecule has 1 N–H and O–H groups in total. The number of hydrogen-bond donors (Lipinski definition) is 1. The van der Waals surface area contributed by atoms with Gasteiger partial charge in [-0.3, -0.25) is 0 Å². The molecule has 0 heterocycles. The van der Waals surface area contributed by atoms with Gasteiger partial charge in [0.2, 0.25) is 0 Å². The average molecular weight is 249 g/mol. The predicted molar refractivity (Wildman–Crippen MR) is 76.4 cm³/mol. The van der Waals surface area contributed by atoms with Gasteiger partial charge in [0.1, 0.15) is 11.9 Å². The van der Waals surface area contributed by atoms with E-state index in [0.717, 1.165) is 12.8 Å². The highest BCUT2D eigenvalue weighted by atomic mass is 16.5. The molecule has 0 unspecified atom stereocenters. The van der Waals surface area contributed by atoms with Gasteiger partial charge >= 0.3 is 0 Å². The molecule has 2 nitrogen and oxygen atoms in total. The van der Waals surface area contributed by atoms with Crippen molar-refractivity contribution in [1.82, 2.24) is 5.32 Å². The van der Waals surface area contributed by atoms with Crippen LogP contribution in [0.2, 0.25) is 0 Å². The van der Waals surface area contributed by atoms with E-state index >= 15 is 0 Å². The van der Waals surface area contributed by atoms with Gasteiger partial charge < -0.3 is 10.1 Å². The maximum Gasteiger partial charge on any atom is 0.101 e. The number of hydrogen-bond acceptors (Lipinski definition) is 2. The van der Waals surface area contributed by atoms with Crippen molar-refractivity contribution in [3.05, 3.63) is 23.5 Å². The van der Waals surface area contributed by atoms with E-state index in [1.165, 1.54) is 37.0 Å². The summed E-state index contributed by atoms with van der Waals surface area (Å²) < 4.78 is 6.24. The molecule has 0 radical (unpaired) electrons. The highest BCUT2D eigenvalue weighted by molar-refractivity contribution is 5.29. The Labute approximate surface area is 111 Å². The number of rotatable bonds is 6. The maximum atomic E-state index is 6.24. The van der Waals surface area contributed by atoms with Crippen LogP contribution in [-0.2, 0) is 4.74 Å². The zero-order valence-corrected chi connectivity index (χ0v) is 12.0. The molecular formula is C16H27NO. The van der Waals surface area contributed by atoms with Gasteiger partial charge in [-0.15, -0.1) is 0 Å². The van der Waals surface area contributed by atoms with E-state index in [2.05, 4.69) is 31.3 Å². The molecule has 1 saturated carbocycles. The van der Waals surface area contributed by atoms with Crippen LogP contribution in [0.15, 0.2) is 23.5 Å². The number of allylic oxidation sites excluding steroid dienone is 4. The van der Waals surface area contributed by atoms with Crippen LogP contribution in [0.1, 0.15) is 52.4 Å². The molecule has 0 aliphatic heterocycles. The molecule has 0 spiro atoms. The molecule has 0 atom stereocenters. The summed E-state index contributed by atoms with van der Waals surface area (Å²) in [5.41, 5.74) is 1.47. The fraction of sp³-hybridized carbons (Fsp3) is 0.750. The molecule has 0 amide bonds. The summed E-state index contributed by atoms with van der Waals surface area (Å²) in [6, 6.07) is 0.673. The van der Waals surface area contributed by atoms with Gasteiger partial charge in [-0.2, -0.15) is 0 Å². The van der Waals surface area contributed by atoms with E-state index < -0.39 is 0 Å². The summed E-state index contributed by atoms with van der Waals surface area (Å²) in [7, 11) is 2.04. The van der Waals surface area contributed by atoms with Gasteiger partial charge in [-0.1, -0.05) is 26.0 Å². The van der Waals surface area contributed by atoms with Gasteiger partial charge in [-0.05, 0) is 50.6 Å². The minimum Gasteiger partial charge on any atom is -0.494 e. The van der Waals surface area contributed by atoms with E-state index in [-0.39, 0.29) is 0 Å². The third-order valence-electron chi connectivity index (χ3n) is 4.39. The van der Waals surface area contributed by atoms with E-state index in [4.69, 9.17) is 4.74 Å². The fourth-order valence-corrected chi connectivity index (χ4v) is 2.98. The molecular weight excluding hydrogens is 222 g/mol. The first kappa shape index (κ1) is 13.7. The molecule has 2 heteroatoms. The molecule has 0 aromatic carbocycles. The second-order valence-electron chi connectivity index (χ2n) is 5.53. The lowest BCUT2D eigenvalue weighted by Gasteiger charge is -2.37. The van der Waals surface area contributed by atoms with Gasteiger partial charge in [0.15, 0.2) is 0 Å². The van der Waals surface area contributed by atoms with Crippen LogP contribution in [-0.4, -0.2) is 19.2 Å². The molecule has 0 aromatic heterocycles. The van der Waals surface area contributed by atoms with Crippen molar-refractivity contribution in [1.29, 1.82) is 0 Å². The predicted octanol–water partition coefficient (Wildman–Crippen LogP) is 3.79. The van der Waals surface area contributed by atoms with Crippen molar-refractivity contribution < 1.29 is 4.74 Å². The molecule has 0 saturated heterocycles. The van der Waals surface area contributed by atoms with Crippen molar-refractivity contribution in [2.45, 2.75) is 64.5 Å². The van der Waals surface area contributed by atoms with Crippen LogP contribution in [0.25, 0.3) is 0 Å². The average Bonchev–Trinajstić information content (AvgIpc) is 2.36. The molecule has 0 aromatic rings. The Morgan fingerprint density at radius 3 is 2.67 bits per heavy atom. The zero-order valence-electron chi connectivity index (χ0n) is 12.0. The van der Waals surface area contributed by atoms with Crippen molar-refractivity contribution in [2.75, 3.05) is 7.05 Å². The van der Waals surface area contributed by atoms with Crippen molar-refractivity contribution in [2.24, 2.45) is 5.92 Å². The number of ether oxygens (including phenoxy) is 1. The van der Waals surface area contributed by atoms with Crippen LogP contribution < -0.4 is 5.32 Å². The Bertz CT molecular complexity index is 322. The standard InChI is InChI=1S/C16H27NO/c1-4-12(5-2)15-8-6-7-9-16(15)18-14-10-13(11-14)17-3/h6,8,12-14,17H,4-5,7,9-11H2,1-3H3. The van der Waals surface area contributed by atoms with Crippen molar-refractivity contribution in [3.8, 4) is 0 Å². The molecule has 1 fully saturated rings. The van der Waals surface area contributed by atoms with E-state index in [9.17, 15) is 0 Å². The second kappa shape index (κ2) is 6.42. The van der Waals surface area contributed by atoms with Crippen LogP contribution in [0, 0.1) is 5.92 Å². The van der Waals surface area contributed by atoms with Crippen LogP contribution >= 0.6 is 0 Å². The summed E-state index contributed by atoms with van der Waals surface area (Å²) in [6.45, 7) is 4.56. The lowest BCUT2D eigenvalue weighted by atomic mass is 9.87. The Kier molecular flexibility index (Phi) is 4.87. The normalized spacial score (nSPS) is 27.6. The first-order valence-corrected chi connectivity index (χ1v) is 7.51. The van der Waals surface area contributed by atoms with Gasteiger partial charge in [0, 0.05) is 12.5 Å². The lowest BCUT2D eigenvalue weighted by molar-refractivity contribution is 0.0231. The molecule has 2 rings (SSSR count). The first-order chi connectivity index (χ1) is 8.78. The molecule has 18 heavy (non-hydrogen) atoms. The minimum absolute atomic E-state index is 0.452. The van der Waals surface area contributed by atoms with Gasteiger partial charge in [0.25, 0.3) is 0 Å². The van der Waals surface area contributed by atoms with Crippen LogP contribution in [0.3, 0.4) is 0 Å². The summed E-state index contributed by atoms with van der Waals surface area (Å²) in [5.74, 6) is 1.96. The summed E-state index contributed by atoms with van der Waals surface area (Å²) in [4.78, 5) is 0. The topological polar surface area (TPSA) is 21.3 Å². The Hall–Kier alpha value is -0.760. The molecule has 2 aliphatic carbocycles. The number of nitrogens with one attached hydrogen (secondary N) is 1. The van der Waals surface area contributed by atoms with E-state index in [1.54, 1.807) is 0 Å².